The van der Waals surface area contributed by atoms with Gasteiger partial charge in [0, 0.05) is 12.1 Å². The van der Waals surface area contributed by atoms with Crippen LogP contribution < -0.4 is 10.0 Å². The van der Waals surface area contributed by atoms with Crippen molar-refractivity contribution in [3.05, 3.63) is 64.7 Å². The monoisotopic (exact) mass is 389 g/mol. The van der Waals surface area contributed by atoms with Crippen LogP contribution in [0, 0.1) is 13.8 Å². The number of nitrogens with zero attached hydrogens (tertiary/aromatic N) is 1. The van der Waals surface area contributed by atoms with Gasteiger partial charge in [0.15, 0.2) is 0 Å². The molecule has 0 saturated heterocycles. The molecule has 6 nitrogen and oxygen atoms in total. The van der Waals surface area contributed by atoms with Gasteiger partial charge in [0.05, 0.1) is 10.9 Å². The van der Waals surface area contributed by atoms with Crippen LogP contribution in [0.15, 0.2) is 47.4 Å². The molecule has 0 aliphatic heterocycles. The number of aryl methyl sites for hydroxylation is 2. The van der Waals surface area contributed by atoms with Gasteiger partial charge < -0.3 is 10.2 Å². The fourth-order valence-electron chi connectivity index (χ4n) is 2.80. The van der Waals surface area contributed by atoms with Crippen LogP contribution in [0.25, 0.3) is 0 Å². The summed E-state index contributed by atoms with van der Waals surface area (Å²) in [5.41, 5.74) is 3.36. The van der Waals surface area contributed by atoms with Gasteiger partial charge in [0.1, 0.15) is 0 Å². The molecule has 2 rings (SSSR count). The molecule has 7 heteroatoms. The number of benzene rings is 2. The fourth-order valence-corrected chi connectivity index (χ4v) is 3.56. The lowest BCUT2D eigenvalue weighted by Gasteiger charge is -2.25. The van der Waals surface area contributed by atoms with Gasteiger partial charge in [-0.15, -0.1) is 0 Å². The molecule has 0 spiro atoms. The zero-order valence-corrected chi connectivity index (χ0v) is 17.2. The quantitative estimate of drug-likeness (QED) is 0.761. The van der Waals surface area contributed by atoms with E-state index in [0.717, 1.165) is 11.1 Å². The number of nitrogens with one attached hydrogen (secondary N) is 2. The summed E-state index contributed by atoms with van der Waals surface area (Å²) < 4.78 is 26.3. The molecule has 0 saturated carbocycles. The number of sulfonamides is 1. The van der Waals surface area contributed by atoms with Gasteiger partial charge in [0.2, 0.25) is 10.0 Å². The summed E-state index contributed by atoms with van der Waals surface area (Å²) >= 11 is 0. The highest BCUT2D eigenvalue weighted by molar-refractivity contribution is 7.89. The minimum Gasteiger partial charge on any atom is -0.350 e. The lowest BCUT2D eigenvalue weighted by Crippen LogP contribution is -2.35. The van der Waals surface area contributed by atoms with Crippen molar-refractivity contribution < 1.29 is 13.2 Å². The summed E-state index contributed by atoms with van der Waals surface area (Å²) in [5.74, 6) is -0.292. The van der Waals surface area contributed by atoms with Crippen LogP contribution in [-0.4, -0.2) is 46.9 Å². The number of amides is 1. The molecule has 27 heavy (non-hydrogen) atoms. The smallest absolute Gasteiger partial charge is 0.251 e. The largest absolute Gasteiger partial charge is 0.350 e. The average Bonchev–Trinajstić information content (AvgIpc) is 2.63. The molecule has 0 radical (unpaired) electrons. The van der Waals surface area contributed by atoms with E-state index in [1.807, 2.05) is 38.1 Å². The van der Waals surface area contributed by atoms with E-state index in [4.69, 9.17) is 0 Å². The third-order valence-corrected chi connectivity index (χ3v) is 5.99. The van der Waals surface area contributed by atoms with Crippen molar-refractivity contribution >= 4 is 15.9 Å². The second-order valence-electron chi connectivity index (χ2n) is 6.78. The maximum Gasteiger partial charge on any atom is 0.251 e. The highest BCUT2D eigenvalue weighted by Gasteiger charge is 2.19. The zero-order chi connectivity index (χ0) is 20.2. The summed E-state index contributed by atoms with van der Waals surface area (Å²) in [6, 6.07) is 12.8. The van der Waals surface area contributed by atoms with E-state index >= 15 is 0 Å². The predicted molar refractivity (Wildman–Crippen MR) is 107 cm³/mol. The Hall–Kier alpha value is -2.22. The van der Waals surface area contributed by atoms with E-state index in [0.29, 0.717) is 12.1 Å². The number of likely N-dealkylation sites (N-methyl/N-ethyl adjacent to an activating group) is 1. The van der Waals surface area contributed by atoms with Gasteiger partial charge in [-0.25, -0.2) is 13.1 Å². The Labute approximate surface area is 161 Å². The van der Waals surface area contributed by atoms with E-state index in [1.54, 1.807) is 13.0 Å². The number of rotatable bonds is 7. The molecule has 0 aliphatic carbocycles. The maximum absolute atomic E-state index is 12.7. The predicted octanol–water partition coefficient (Wildman–Crippen LogP) is 2.24. The fraction of sp³-hybridized carbons (Fsp3) is 0.350. The topological polar surface area (TPSA) is 78.5 Å². The normalized spacial score (nSPS) is 12.8. The van der Waals surface area contributed by atoms with Crippen molar-refractivity contribution in [3.8, 4) is 0 Å². The highest BCUT2D eigenvalue weighted by atomic mass is 32.2. The van der Waals surface area contributed by atoms with E-state index in [-0.39, 0.29) is 16.8 Å². The Kier molecular flexibility index (Phi) is 6.75. The van der Waals surface area contributed by atoms with Crippen LogP contribution in [0.3, 0.4) is 0 Å². The molecule has 0 aromatic heterocycles. The summed E-state index contributed by atoms with van der Waals surface area (Å²) in [4.78, 5) is 14.8. The minimum atomic E-state index is -3.60. The van der Waals surface area contributed by atoms with Gasteiger partial charge in [-0.2, -0.15) is 0 Å². The first kappa shape index (κ1) is 21.1. The number of hydrogen-bond donors (Lipinski definition) is 2. The lowest BCUT2D eigenvalue weighted by atomic mass is 10.0. The van der Waals surface area contributed by atoms with Crippen molar-refractivity contribution in [2.45, 2.75) is 24.8 Å². The van der Waals surface area contributed by atoms with Gasteiger partial charge in [-0.05, 0) is 58.3 Å². The van der Waals surface area contributed by atoms with Gasteiger partial charge in [-0.1, -0.05) is 35.9 Å². The van der Waals surface area contributed by atoms with Gasteiger partial charge >= 0.3 is 0 Å². The molecule has 1 atom stereocenters. The Morgan fingerprint density at radius 1 is 1.07 bits per heavy atom. The molecule has 2 aromatic rings. The molecule has 2 N–H and O–H groups in total. The molecule has 0 fully saturated rings. The zero-order valence-electron chi connectivity index (χ0n) is 16.4. The van der Waals surface area contributed by atoms with Crippen LogP contribution in [0.5, 0.6) is 0 Å². The average molecular weight is 390 g/mol. The molecule has 0 heterocycles. The van der Waals surface area contributed by atoms with Crippen molar-refractivity contribution in [2.75, 3.05) is 27.7 Å². The first-order valence-corrected chi connectivity index (χ1v) is 10.2. The molecule has 2 aromatic carbocycles. The Balaban J connectivity index is 2.21. The summed E-state index contributed by atoms with van der Waals surface area (Å²) in [7, 11) is 1.67. The van der Waals surface area contributed by atoms with Crippen LogP contribution in [0.1, 0.15) is 33.1 Å². The van der Waals surface area contributed by atoms with Crippen molar-refractivity contribution in [3.63, 3.8) is 0 Å². The molecule has 146 valence electrons. The van der Waals surface area contributed by atoms with Gasteiger partial charge in [-0.3, -0.25) is 4.79 Å². The van der Waals surface area contributed by atoms with Crippen LogP contribution in [0.4, 0.5) is 0 Å². The van der Waals surface area contributed by atoms with E-state index in [1.165, 1.54) is 24.7 Å². The summed E-state index contributed by atoms with van der Waals surface area (Å²) in [6.07, 6.45) is 0. The highest BCUT2D eigenvalue weighted by Crippen LogP contribution is 2.19. The second-order valence-corrected chi connectivity index (χ2v) is 8.67. The Morgan fingerprint density at radius 3 is 2.26 bits per heavy atom. The standard InChI is InChI=1S/C20H27N3O3S/c1-14-6-9-16(10-7-14)19(23(4)5)13-22-20(24)18-12-17(11-8-15(18)2)27(25,26)21-3/h6-12,19,21H,13H2,1-5H3,(H,22,24). The molecule has 0 aliphatic rings. The molecule has 0 bridgehead atoms. The second kappa shape index (κ2) is 8.65. The number of carbonyl (C=O) groups is 1. The first-order chi connectivity index (χ1) is 12.7. The van der Waals surface area contributed by atoms with E-state index < -0.39 is 10.0 Å². The molecule has 1 amide bonds. The van der Waals surface area contributed by atoms with Crippen molar-refractivity contribution in [1.82, 2.24) is 14.9 Å². The van der Waals surface area contributed by atoms with Crippen molar-refractivity contribution in [2.24, 2.45) is 0 Å². The SMILES string of the molecule is CNS(=O)(=O)c1ccc(C)c(C(=O)NCC(c2ccc(C)cc2)N(C)C)c1. The Morgan fingerprint density at radius 2 is 1.70 bits per heavy atom. The number of carbonyl (C=O) groups excluding carboxylic acids is 1. The van der Waals surface area contributed by atoms with Crippen LogP contribution >= 0.6 is 0 Å². The maximum atomic E-state index is 12.7. The summed E-state index contributed by atoms with van der Waals surface area (Å²) in [5, 5.41) is 2.94. The van der Waals surface area contributed by atoms with E-state index in [2.05, 4.69) is 22.2 Å². The van der Waals surface area contributed by atoms with Crippen LogP contribution in [-0.2, 0) is 10.0 Å². The molecule has 1 unspecified atom stereocenters. The number of hydrogen-bond acceptors (Lipinski definition) is 4. The Bertz CT molecular complexity index is 907. The van der Waals surface area contributed by atoms with Crippen molar-refractivity contribution in [1.29, 1.82) is 0 Å². The van der Waals surface area contributed by atoms with Gasteiger partial charge in [0.25, 0.3) is 5.91 Å². The third-order valence-electron chi connectivity index (χ3n) is 4.57. The lowest BCUT2D eigenvalue weighted by molar-refractivity contribution is 0.0941. The van der Waals surface area contributed by atoms with Crippen LogP contribution in [0.2, 0.25) is 0 Å². The minimum absolute atomic E-state index is 0.0130. The first-order valence-electron chi connectivity index (χ1n) is 8.71. The molecular weight excluding hydrogens is 362 g/mol. The van der Waals surface area contributed by atoms with E-state index in [9.17, 15) is 13.2 Å². The third kappa shape index (κ3) is 5.15. The molecular formula is C20H27N3O3S. The summed E-state index contributed by atoms with van der Waals surface area (Å²) in [6.45, 7) is 4.23.